The third-order valence-corrected chi connectivity index (χ3v) is 1.81. The third kappa shape index (κ3) is 13.1. The van der Waals surface area contributed by atoms with Gasteiger partial charge in [0.1, 0.15) is 0 Å². The molecule has 0 aromatic rings. The van der Waals surface area contributed by atoms with E-state index in [4.69, 9.17) is 0 Å². The van der Waals surface area contributed by atoms with Crippen LogP contribution in [0.3, 0.4) is 0 Å². The van der Waals surface area contributed by atoms with Crippen LogP contribution >= 0.6 is 0 Å². The summed E-state index contributed by atoms with van der Waals surface area (Å²) in [4.78, 5) is 0. The molecule has 0 heterocycles. The zero-order valence-corrected chi connectivity index (χ0v) is 7.98. The van der Waals surface area contributed by atoms with Gasteiger partial charge in [0.15, 0.2) is 0 Å². The standard InChI is InChI=1S/C10H22.CH4/c1-9(2)7-5-6-8-10(3)4;/h9-10H,5-8H2,1-4H3;1H4. The highest BCUT2D eigenvalue weighted by atomic mass is 14.0. The van der Waals surface area contributed by atoms with E-state index in [-0.39, 0.29) is 7.43 Å². The number of hydrogen-bond donors (Lipinski definition) is 0. The van der Waals surface area contributed by atoms with Gasteiger partial charge < -0.3 is 0 Å². The van der Waals surface area contributed by atoms with Crippen molar-refractivity contribution in [2.24, 2.45) is 11.8 Å². The van der Waals surface area contributed by atoms with Crippen molar-refractivity contribution < 1.29 is 0 Å². The molecule has 0 N–H and O–H groups in total. The maximum absolute atomic E-state index is 2.30. The summed E-state index contributed by atoms with van der Waals surface area (Å²) in [6.45, 7) is 9.20. The highest BCUT2D eigenvalue weighted by molar-refractivity contribution is 4.49. The van der Waals surface area contributed by atoms with Gasteiger partial charge in [-0.2, -0.15) is 0 Å². The van der Waals surface area contributed by atoms with Gasteiger partial charge >= 0.3 is 0 Å². The van der Waals surface area contributed by atoms with Crippen LogP contribution in [-0.2, 0) is 0 Å². The molecule has 0 aliphatic rings. The van der Waals surface area contributed by atoms with Crippen LogP contribution < -0.4 is 0 Å². The van der Waals surface area contributed by atoms with Gasteiger partial charge in [0, 0.05) is 0 Å². The minimum atomic E-state index is 0. The Morgan fingerprint density at radius 2 is 1.00 bits per heavy atom. The fourth-order valence-electron chi connectivity index (χ4n) is 1.11. The second-order valence-electron chi connectivity index (χ2n) is 4.07. The first-order chi connectivity index (χ1) is 4.63. The van der Waals surface area contributed by atoms with Crippen LogP contribution in [-0.4, -0.2) is 0 Å². The van der Waals surface area contributed by atoms with Crippen LogP contribution in [0, 0.1) is 11.8 Å². The Morgan fingerprint density at radius 3 is 1.18 bits per heavy atom. The van der Waals surface area contributed by atoms with E-state index < -0.39 is 0 Å². The van der Waals surface area contributed by atoms with Crippen LogP contribution in [0.15, 0.2) is 0 Å². The first kappa shape index (κ1) is 13.6. The SMILES string of the molecule is C.CC(C)CCCCC(C)C. The average Bonchev–Trinajstić information content (AvgIpc) is 1.79. The van der Waals surface area contributed by atoms with Crippen LogP contribution in [0.2, 0.25) is 0 Å². The zero-order valence-electron chi connectivity index (χ0n) is 7.98. The van der Waals surface area contributed by atoms with Crippen molar-refractivity contribution in [1.29, 1.82) is 0 Å². The van der Waals surface area contributed by atoms with Crippen molar-refractivity contribution in [3.05, 3.63) is 0 Å². The first-order valence-electron chi connectivity index (χ1n) is 4.63. The molecular formula is C11H26. The lowest BCUT2D eigenvalue weighted by molar-refractivity contribution is 0.483. The highest BCUT2D eigenvalue weighted by Gasteiger charge is 1.95. The molecule has 0 bridgehead atoms. The summed E-state index contributed by atoms with van der Waals surface area (Å²) >= 11 is 0. The van der Waals surface area contributed by atoms with Gasteiger partial charge in [-0.1, -0.05) is 60.8 Å². The summed E-state index contributed by atoms with van der Waals surface area (Å²) in [6, 6.07) is 0. The Hall–Kier alpha value is 0. The predicted octanol–water partition coefficient (Wildman–Crippen LogP) is 4.49. The molecule has 0 aliphatic carbocycles. The molecule has 0 aromatic heterocycles. The van der Waals surface area contributed by atoms with E-state index in [2.05, 4.69) is 27.7 Å². The Kier molecular flexibility index (Phi) is 10.0. The van der Waals surface area contributed by atoms with Gasteiger partial charge in [0.05, 0.1) is 0 Å². The molecule has 11 heavy (non-hydrogen) atoms. The Bertz CT molecular complexity index is 52.4. The van der Waals surface area contributed by atoms with E-state index in [9.17, 15) is 0 Å². The predicted molar refractivity (Wildman–Crippen MR) is 54.9 cm³/mol. The van der Waals surface area contributed by atoms with E-state index in [1.807, 2.05) is 0 Å². The molecule has 0 aliphatic heterocycles. The molecule has 0 aromatic carbocycles. The van der Waals surface area contributed by atoms with Gasteiger partial charge in [-0.15, -0.1) is 0 Å². The monoisotopic (exact) mass is 158 g/mol. The molecule has 0 rings (SSSR count). The van der Waals surface area contributed by atoms with Crippen LogP contribution in [0.5, 0.6) is 0 Å². The summed E-state index contributed by atoms with van der Waals surface area (Å²) in [5.41, 5.74) is 0. The quantitative estimate of drug-likeness (QED) is 0.517. The largest absolute Gasteiger partial charge is 0.0776 e. The minimum Gasteiger partial charge on any atom is -0.0776 e. The molecule has 0 radical (unpaired) electrons. The highest BCUT2D eigenvalue weighted by Crippen LogP contribution is 2.11. The minimum absolute atomic E-state index is 0. The molecule has 70 valence electrons. The maximum Gasteiger partial charge on any atom is -0.0471 e. The summed E-state index contributed by atoms with van der Waals surface area (Å²) < 4.78 is 0. The van der Waals surface area contributed by atoms with E-state index >= 15 is 0 Å². The molecular weight excluding hydrogens is 132 g/mol. The van der Waals surface area contributed by atoms with E-state index in [1.165, 1.54) is 25.7 Å². The maximum atomic E-state index is 2.30. The molecule has 0 saturated heterocycles. The molecule has 0 unspecified atom stereocenters. The lowest BCUT2D eigenvalue weighted by atomic mass is 10.0. The van der Waals surface area contributed by atoms with Crippen molar-refractivity contribution in [3.63, 3.8) is 0 Å². The molecule has 0 fully saturated rings. The Balaban J connectivity index is 0. The second-order valence-corrected chi connectivity index (χ2v) is 4.07. The number of unbranched alkanes of at least 4 members (excludes halogenated alkanes) is 1. The second kappa shape index (κ2) is 8.10. The molecule has 0 amide bonds. The number of rotatable bonds is 5. The molecule has 0 spiro atoms. The van der Waals surface area contributed by atoms with Gasteiger partial charge in [-0.25, -0.2) is 0 Å². The average molecular weight is 158 g/mol. The van der Waals surface area contributed by atoms with Gasteiger partial charge in [0.25, 0.3) is 0 Å². The summed E-state index contributed by atoms with van der Waals surface area (Å²) in [5, 5.41) is 0. The lowest BCUT2D eigenvalue weighted by Crippen LogP contribution is -1.90. The van der Waals surface area contributed by atoms with Crippen LogP contribution in [0.25, 0.3) is 0 Å². The fraction of sp³-hybridized carbons (Fsp3) is 1.00. The van der Waals surface area contributed by atoms with Crippen molar-refractivity contribution in [2.75, 3.05) is 0 Å². The lowest BCUT2D eigenvalue weighted by Gasteiger charge is -2.05. The van der Waals surface area contributed by atoms with Crippen molar-refractivity contribution in [3.8, 4) is 0 Å². The van der Waals surface area contributed by atoms with Gasteiger partial charge in [0.2, 0.25) is 0 Å². The van der Waals surface area contributed by atoms with Crippen LogP contribution in [0.1, 0.15) is 60.8 Å². The van der Waals surface area contributed by atoms with Gasteiger partial charge in [-0.3, -0.25) is 0 Å². The van der Waals surface area contributed by atoms with Gasteiger partial charge in [-0.05, 0) is 11.8 Å². The summed E-state index contributed by atoms with van der Waals surface area (Å²) in [7, 11) is 0. The Labute approximate surface area is 73.4 Å². The molecule has 0 heteroatoms. The van der Waals surface area contributed by atoms with E-state index in [0.29, 0.717) is 0 Å². The van der Waals surface area contributed by atoms with E-state index in [1.54, 1.807) is 0 Å². The summed E-state index contributed by atoms with van der Waals surface area (Å²) in [5.74, 6) is 1.79. The molecule has 0 nitrogen and oxygen atoms in total. The third-order valence-electron chi connectivity index (χ3n) is 1.81. The van der Waals surface area contributed by atoms with Crippen LogP contribution in [0.4, 0.5) is 0 Å². The smallest absolute Gasteiger partial charge is 0.0471 e. The molecule has 0 atom stereocenters. The summed E-state index contributed by atoms with van der Waals surface area (Å²) in [6.07, 6.45) is 5.67. The van der Waals surface area contributed by atoms with E-state index in [0.717, 1.165) is 11.8 Å². The number of hydrogen-bond acceptors (Lipinski definition) is 0. The topological polar surface area (TPSA) is 0 Å². The van der Waals surface area contributed by atoms with Crippen molar-refractivity contribution >= 4 is 0 Å². The molecule has 0 saturated carbocycles. The first-order valence-corrected chi connectivity index (χ1v) is 4.63. The zero-order chi connectivity index (χ0) is 7.98. The Morgan fingerprint density at radius 1 is 0.727 bits per heavy atom. The normalized spacial score (nSPS) is 10.4. The van der Waals surface area contributed by atoms with Crippen molar-refractivity contribution in [2.45, 2.75) is 60.8 Å². The fourth-order valence-corrected chi connectivity index (χ4v) is 1.11. The van der Waals surface area contributed by atoms with Crippen molar-refractivity contribution in [1.82, 2.24) is 0 Å².